The SMILES string of the molecule is Cc1cc(Oc2ccccc2)ccc1N1C(=O)NC2c3c1ccnc3S[C@@H]2N1CCCC1. The van der Waals surface area contributed by atoms with E-state index in [9.17, 15) is 4.79 Å². The van der Waals surface area contributed by atoms with Crippen LogP contribution in [0.15, 0.2) is 65.8 Å². The Morgan fingerprint density at radius 2 is 1.84 bits per heavy atom. The molecule has 1 unspecified atom stereocenters. The van der Waals surface area contributed by atoms with E-state index in [1.807, 2.05) is 67.7 Å². The molecule has 0 radical (unpaired) electrons. The third-order valence-electron chi connectivity index (χ3n) is 6.37. The van der Waals surface area contributed by atoms with E-state index in [1.54, 1.807) is 16.7 Å². The summed E-state index contributed by atoms with van der Waals surface area (Å²) >= 11 is 1.78. The van der Waals surface area contributed by atoms with Gasteiger partial charge in [0.15, 0.2) is 0 Å². The van der Waals surface area contributed by atoms with E-state index in [1.165, 1.54) is 12.8 Å². The van der Waals surface area contributed by atoms with Gasteiger partial charge in [-0.25, -0.2) is 9.78 Å². The average Bonchev–Trinajstić information content (AvgIpc) is 3.45. The number of urea groups is 1. The lowest BCUT2D eigenvalue weighted by molar-refractivity contribution is 0.229. The van der Waals surface area contributed by atoms with Gasteiger partial charge in [-0.2, -0.15) is 0 Å². The first-order valence-electron chi connectivity index (χ1n) is 11.0. The summed E-state index contributed by atoms with van der Waals surface area (Å²) < 4.78 is 5.98. The summed E-state index contributed by atoms with van der Waals surface area (Å²) in [6, 6.07) is 17.4. The van der Waals surface area contributed by atoms with E-state index in [2.05, 4.69) is 15.2 Å². The van der Waals surface area contributed by atoms with E-state index in [0.717, 1.165) is 52.1 Å². The molecule has 32 heavy (non-hydrogen) atoms. The van der Waals surface area contributed by atoms with Crippen molar-refractivity contribution in [3.05, 3.63) is 71.9 Å². The zero-order valence-corrected chi connectivity index (χ0v) is 18.6. The van der Waals surface area contributed by atoms with Crippen LogP contribution in [0.1, 0.15) is 30.0 Å². The summed E-state index contributed by atoms with van der Waals surface area (Å²) in [7, 11) is 0. The number of nitrogens with one attached hydrogen (secondary N) is 1. The van der Waals surface area contributed by atoms with Gasteiger partial charge in [0.25, 0.3) is 0 Å². The Hall–Kier alpha value is -3.03. The van der Waals surface area contributed by atoms with Crippen molar-refractivity contribution < 1.29 is 9.53 Å². The summed E-state index contributed by atoms with van der Waals surface area (Å²) in [6.07, 6.45) is 4.26. The maximum atomic E-state index is 13.4. The molecule has 2 atom stereocenters. The van der Waals surface area contributed by atoms with E-state index < -0.39 is 0 Å². The largest absolute Gasteiger partial charge is 0.457 e. The number of amides is 2. The fourth-order valence-electron chi connectivity index (χ4n) is 4.89. The molecule has 1 saturated heterocycles. The summed E-state index contributed by atoms with van der Waals surface area (Å²) in [5, 5.41) is 4.53. The second kappa shape index (κ2) is 7.83. The smallest absolute Gasteiger partial charge is 0.327 e. The van der Waals surface area contributed by atoms with Gasteiger partial charge in [-0.05, 0) is 74.8 Å². The van der Waals surface area contributed by atoms with Crippen molar-refractivity contribution in [2.75, 3.05) is 18.0 Å². The zero-order valence-electron chi connectivity index (χ0n) is 17.8. The molecule has 4 heterocycles. The Bertz CT molecular complexity index is 1180. The van der Waals surface area contributed by atoms with Crippen LogP contribution in [0.5, 0.6) is 11.5 Å². The third kappa shape index (κ3) is 3.24. The number of benzene rings is 2. The number of hydrogen-bond donors (Lipinski definition) is 1. The molecule has 3 aromatic rings. The number of nitrogens with zero attached hydrogens (tertiary/aromatic N) is 3. The van der Waals surface area contributed by atoms with Crippen LogP contribution in [0.3, 0.4) is 0 Å². The fraction of sp³-hybridized carbons (Fsp3) is 0.280. The summed E-state index contributed by atoms with van der Waals surface area (Å²) in [5.41, 5.74) is 3.89. The number of aromatic nitrogens is 1. The van der Waals surface area contributed by atoms with Crippen LogP contribution in [0, 0.1) is 6.92 Å². The number of anilines is 2. The van der Waals surface area contributed by atoms with Crippen LogP contribution in [0.4, 0.5) is 16.2 Å². The van der Waals surface area contributed by atoms with Gasteiger partial charge < -0.3 is 10.1 Å². The Labute approximate surface area is 191 Å². The second-order valence-electron chi connectivity index (χ2n) is 8.43. The van der Waals surface area contributed by atoms with Crippen LogP contribution in [-0.2, 0) is 0 Å². The van der Waals surface area contributed by atoms with Gasteiger partial charge in [0.05, 0.1) is 22.8 Å². The molecule has 0 aliphatic carbocycles. The van der Waals surface area contributed by atoms with Crippen molar-refractivity contribution in [3.63, 3.8) is 0 Å². The number of para-hydroxylation sites is 1. The molecule has 7 heteroatoms. The van der Waals surface area contributed by atoms with E-state index in [4.69, 9.17) is 4.74 Å². The van der Waals surface area contributed by atoms with Gasteiger partial charge in [0, 0.05) is 11.8 Å². The van der Waals surface area contributed by atoms with Gasteiger partial charge in [0.1, 0.15) is 16.5 Å². The number of ether oxygens (including phenoxy) is 1. The van der Waals surface area contributed by atoms with Crippen molar-refractivity contribution in [2.24, 2.45) is 0 Å². The molecule has 6 rings (SSSR count). The Morgan fingerprint density at radius 1 is 1.03 bits per heavy atom. The van der Waals surface area contributed by atoms with Crippen molar-refractivity contribution in [1.82, 2.24) is 15.2 Å². The van der Waals surface area contributed by atoms with Gasteiger partial charge in [0.2, 0.25) is 0 Å². The normalized spacial score (nSPS) is 22.0. The van der Waals surface area contributed by atoms with E-state index >= 15 is 0 Å². The highest BCUT2D eigenvalue weighted by Crippen LogP contribution is 2.52. The third-order valence-corrected chi connectivity index (χ3v) is 7.73. The monoisotopic (exact) mass is 444 g/mol. The number of carbonyl (C=O) groups excluding carboxylic acids is 1. The van der Waals surface area contributed by atoms with Gasteiger partial charge in [-0.3, -0.25) is 9.80 Å². The summed E-state index contributed by atoms with van der Waals surface area (Å²) in [6.45, 7) is 4.17. The highest BCUT2D eigenvalue weighted by atomic mass is 32.2. The Balaban J connectivity index is 1.34. The Kier molecular flexibility index (Phi) is 4.81. The quantitative estimate of drug-likeness (QED) is 0.567. The first kappa shape index (κ1) is 19.6. The van der Waals surface area contributed by atoms with Crippen LogP contribution in [-0.4, -0.2) is 34.4 Å². The maximum absolute atomic E-state index is 13.4. The topological polar surface area (TPSA) is 57.7 Å². The predicted octanol–water partition coefficient (Wildman–Crippen LogP) is 5.61. The zero-order chi connectivity index (χ0) is 21.7. The minimum Gasteiger partial charge on any atom is -0.457 e. The average molecular weight is 445 g/mol. The molecule has 1 N–H and O–H groups in total. The molecule has 6 nitrogen and oxygen atoms in total. The lowest BCUT2D eigenvalue weighted by Crippen LogP contribution is -2.49. The Morgan fingerprint density at radius 3 is 2.62 bits per heavy atom. The summed E-state index contributed by atoms with van der Waals surface area (Å²) in [4.78, 5) is 22.3. The van der Waals surface area contributed by atoms with Crippen molar-refractivity contribution in [3.8, 4) is 11.5 Å². The van der Waals surface area contributed by atoms with Crippen LogP contribution < -0.4 is 15.0 Å². The first-order chi connectivity index (χ1) is 15.7. The van der Waals surface area contributed by atoms with Crippen molar-refractivity contribution in [2.45, 2.75) is 36.2 Å². The fourth-order valence-corrected chi connectivity index (χ4v) is 6.30. The molecule has 0 spiro atoms. The molecule has 0 bridgehead atoms. The molecular weight excluding hydrogens is 420 g/mol. The minimum atomic E-state index is -0.0915. The number of rotatable bonds is 4. The van der Waals surface area contributed by atoms with E-state index in [-0.39, 0.29) is 17.4 Å². The van der Waals surface area contributed by atoms with Crippen molar-refractivity contribution >= 4 is 29.2 Å². The molecule has 2 amide bonds. The number of aryl methyl sites for hydroxylation is 1. The molecular formula is C25H24N4O2S. The van der Waals surface area contributed by atoms with Crippen LogP contribution >= 0.6 is 11.8 Å². The van der Waals surface area contributed by atoms with Gasteiger partial charge in [-0.15, -0.1) is 0 Å². The number of likely N-dealkylation sites (tertiary alicyclic amines) is 1. The number of carbonyl (C=O) groups is 1. The number of pyridine rings is 1. The molecule has 162 valence electrons. The first-order valence-corrected chi connectivity index (χ1v) is 11.9. The van der Waals surface area contributed by atoms with Crippen molar-refractivity contribution in [1.29, 1.82) is 0 Å². The van der Waals surface area contributed by atoms with Crippen LogP contribution in [0.25, 0.3) is 0 Å². The number of hydrogen-bond acceptors (Lipinski definition) is 5. The lowest BCUT2D eigenvalue weighted by Gasteiger charge is -2.37. The maximum Gasteiger partial charge on any atom is 0.327 e. The van der Waals surface area contributed by atoms with E-state index in [0.29, 0.717) is 0 Å². The standard InChI is InChI=1S/C25H24N4O2S/c1-16-15-18(31-17-7-3-2-4-8-17)9-10-19(16)29-20-11-12-26-23-21(20)22(27-25(29)30)24(32-23)28-13-5-6-14-28/h2-4,7-12,15,22,24H,5-6,13-14H2,1H3,(H,27,30)/t22?,24-/m0/s1. The highest BCUT2D eigenvalue weighted by molar-refractivity contribution is 8.00. The molecule has 3 aliphatic heterocycles. The molecule has 0 saturated carbocycles. The summed E-state index contributed by atoms with van der Waals surface area (Å²) in [5.74, 6) is 1.53. The minimum absolute atomic E-state index is 0.0263. The second-order valence-corrected chi connectivity index (χ2v) is 9.53. The lowest BCUT2D eigenvalue weighted by atomic mass is 10.0. The molecule has 1 aromatic heterocycles. The molecule has 3 aliphatic rings. The van der Waals surface area contributed by atoms with Gasteiger partial charge in [-0.1, -0.05) is 30.0 Å². The predicted molar refractivity (Wildman–Crippen MR) is 126 cm³/mol. The van der Waals surface area contributed by atoms with Gasteiger partial charge >= 0.3 is 6.03 Å². The van der Waals surface area contributed by atoms with Crippen LogP contribution in [0.2, 0.25) is 0 Å². The molecule has 1 fully saturated rings. The highest BCUT2D eigenvalue weighted by Gasteiger charge is 2.46. The number of thioether (sulfide) groups is 1. The molecule has 2 aromatic carbocycles.